The summed E-state index contributed by atoms with van der Waals surface area (Å²) in [5.74, 6) is -0.502. The zero-order valence-corrected chi connectivity index (χ0v) is 6.57. The third kappa shape index (κ3) is 3.30. The van der Waals surface area contributed by atoms with E-state index in [9.17, 15) is 4.79 Å². The molecular weight excluding hydrogens is 144 g/mol. The second kappa shape index (κ2) is 5.34. The molecule has 0 saturated heterocycles. The molecule has 0 aromatic carbocycles. The van der Waals surface area contributed by atoms with E-state index in [1.54, 1.807) is 0 Å². The minimum atomic E-state index is -0.502. The molecule has 0 saturated carbocycles. The number of ether oxygens (including phenoxy) is 1. The van der Waals surface area contributed by atoms with Crippen LogP contribution in [0.4, 0.5) is 0 Å². The first-order valence-electron chi connectivity index (χ1n) is 2.95. The van der Waals surface area contributed by atoms with Crippen LogP contribution in [0.25, 0.3) is 0 Å². The number of hydrogen-bond acceptors (Lipinski definition) is 4. The number of rotatable bonds is 3. The van der Waals surface area contributed by atoms with Crippen LogP contribution in [0.3, 0.4) is 0 Å². The highest BCUT2D eigenvalue weighted by Crippen LogP contribution is 1.79. The number of carbonyl (C=O) groups excluding carboxylic acids is 1. The Bertz CT molecular complexity index is 206. The van der Waals surface area contributed by atoms with Gasteiger partial charge in [-0.3, -0.25) is 9.98 Å². The van der Waals surface area contributed by atoms with E-state index in [4.69, 9.17) is 0 Å². The Kier molecular flexibility index (Phi) is 4.64. The Morgan fingerprint density at radius 3 is 2.64 bits per heavy atom. The molecule has 0 amide bonds. The molecular formula is C7H10N2O2. The van der Waals surface area contributed by atoms with E-state index in [-0.39, 0.29) is 5.71 Å². The highest BCUT2D eigenvalue weighted by molar-refractivity contribution is 6.59. The number of nitrogens with zero attached hydrogens (tertiary/aromatic N) is 2. The van der Waals surface area contributed by atoms with Gasteiger partial charge < -0.3 is 4.74 Å². The van der Waals surface area contributed by atoms with Crippen LogP contribution < -0.4 is 0 Å². The SMILES string of the molecule is C=C/N=C\C(=N/C)C(=O)OC. The molecule has 0 spiro atoms. The van der Waals surface area contributed by atoms with Crippen molar-refractivity contribution in [2.24, 2.45) is 9.98 Å². The van der Waals surface area contributed by atoms with Crippen LogP contribution in [0.5, 0.6) is 0 Å². The van der Waals surface area contributed by atoms with Crippen molar-refractivity contribution in [3.63, 3.8) is 0 Å². The van der Waals surface area contributed by atoms with Crippen molar-refractivity contribution in [3.05, 3.63) is 12.8 Å². The molecule has 60 valence electrons. The molecule has 11 heavy (non-hydrogen) atoms. The molecule has 0 rings (SSSR count). The van der Waals surface area contributed by atoms with E-state index in [1.165, 1.54) is 26.6 Å². The van der Waals surface area contributed by atoms with Gasteiger partial charge in [0, 0.05) is 13.2 Å². The Hall–Kier alpha value is -1.45. The van der Waals surface area contributed by atoms with Gasteiger partial charge in [-0.15, -0.1) is 0 Å². The van der Waals surface area contributed by atoms with E-state index in [0.717, 1.165) is 0 Å². The second-order valence-electron chi connectivity index (χ2n) is 1.56. The molecule has 0 aliphatic rings. The standard InChI is InChI=1S/C7H10N2O2/c1-4-9-5-6(8-2)7(10)11-3/h4-5H,1H2,2-3H3/b8-6+,9-5-. The fraction of sp³-hybridized carbons (Fsp3) is 0.286. The lowest BCUT2D eigenvalue weighted by molar-refractivity contribution is -0.132. The number of methoxy groups -OCH3 is 1. The first-order chi connectivity index (χ1) is 5.26. The Morgan fingerprint density at radius 2 is 2.27 bits per heavy atom. The van der Waals surface area contributed by atoms with Crippen LogP contribution in [-0.2, 0) is 9.53 Å². The maximum absolute atomic E-state index is 10.8. The van der Waals surface area contributed by atoms with E-state index in [2.05, 4.69) is 21.3 Å². The predicted molar refractivity (Wildman–Crippen MR) is 44.1 cm³/mol. The van der Waals surface area contributed by atoms with Crippen LogP contribution in [-0.4, -0.2) is 32.1 Å². The summed E-state index contributed by atoms with van der Waals surface area (Å²) >= 11 is 0. The van der Waals surface area contributed by atoms with Crippen molar-refractivity contribution in [1.29, 1.82) is 0 Å². The molecule has 0 aromatic heterocycles. The van der Waals surface area contributed by atoms with Gasteiger partial charge in [0.2, 0.25) is 0 Å². The Labute approximate surface area is 65.3 Å². The van der Waals surface area contributed by atoms with Crippen LogP contribution in [0.1, 0.15) is 0 Å². The smallest absolute Gasteiger partial charge is 0.357 e. The van der Waals surface area contributed by atoms with Gasteiger partial charge in [0.15, 0.2) is 5.71 Å². The van der Waals surface area contributed by atoms with E-state index >= 15 is 0 Å². The maximum Gasteiger partial charge on any atom is 0.357 e. The molecule has 0 aromatic rings. The second-order valence-corrected chi connectivity index (χ2v) is 1.56. The quantitative estimate of drug-likeness (QED) is 0.437. The summed E-state index contributed by atoms with van der Waals surface area (Å²) in [5, 5.41) is 0. The lowest BCUT2D eigenvalue weighted by atomic mass is 10.4. The maximum atomic E-state index is 10.8. The summed E-state index contributed by atoms with van der Waals surface area (Å²) in [5.41, 5.74) is 0.174. The monoisotopic (exact) mass is 154 g/mol. The average Bonchev–Trinajstić information content (AvgIpc) is 2.05. The van der Waals surface area contributed by atoms with Crippen molar-refractivity contribution < 1.29 is 9.53 Å². The minimum Gasteiger partial charge on any atom is -0.464 e. The molecule has 0 aliphatic carbocycles. The molecule has 0 N–H and O–H groups in total. The predicted octanol–water partition coefficient (Wildman–Crippen LogP) is 0.445. The molecule has 0 aliphatic heterocycles. The van der Waals surface area contributed by atoms with Crippen molar-refractivity contribution in [1.82, 2.24) is 0 Å². The van der Waals surface area contributed by atoms with Gasteiger partial charge in [-0.1, -0.05) is 6.58 Å². The summed E-state index contributed by atoms with van der Waals surface area (Å²) < 4.78 is 4.41. The fourth-order valence-electron chi connectivity index (χ4n) is 0.430. The lowest BCUT2D eigenvalue weighted by Crippen LogP contribution is -2.16. The zero-order valence-electron chi connectivity index (χ0n) is 6.57. The van der Waals surface area contributed by atoms with E-state index in [1.807, 2.05) is 0 Å². The highest BCUT2D eigenvalue weighted by Gasteiger charge is 2.05. The fourth-order valence-corrected chi connectivity index (χ4v) is 0.430. The summed E-state index contributed by atoms with van der Waals surface area (Å²) in [6, 6.07) is 0. The molecule has 0 heterocycles. The molecule has 0 radical (unpaired) electrons. The van der Waals surface area contributed by atoms with Crippen LogP contribution in [0.2, 0.25) is 0 Å². The van der Waals surface area contributed by atoms with Crippen LogP contribution in [0.15, 0.2) is 22.8 Å². The minimum absolute atomic E-state index is 0.174. The lowest BCUT2D eigenvalue weighted by Gasteiger charge is -1.94. The summed E-state index contributed by atoms with van der Waals surface area (Å²) in [4.78, 5) is 18.0. The van der Waals surface area contributed by atoms with Gasteiger partial charge in [-0.2, -0.15) is 0 Å². The Morgan fingerprint density at radius 1 is 1.64 bits per heavy atom. The summed E-state index contributed by atoms with van der Waals surface area (Å²) in [6.07, 6.45) is 2.60. The third-order valence-corrected chi connectivity index (χ3v) is 0.938. The van der Waals surface area contributed by atoms with E-state index in [0.29, 0.717) is 0 Å². The van der Waals surface area contributed by atoms with Crippen LogP contribution in [0, 0.1) is 0 Å². The number of carbonyl (C=O) groups is 1. The van der Waals surface area contributed by atoms with Crippen molar-refractivity contribution in [2.45, 2.75) is 0 Å². The van der Waals surface area contributed by atoms with Gasteiger partial charge in [0.05, 0.1) is 13.3 Å². The Balaban J connectivity index is 4.31. The van der Waals surface area contributed by atoms with Crippen LogP contribution >= 0.6 is 0 Å². The summed E-state index contributed by atoms with van der Waals surface area (Å²) in [6.45, 7) is 3.35. The molecule has 4 heteroatoms. The average molecular weight is 154 g/mol. The summed E-state index contributed by atoms with van der Waals surface area (Å²) in [7, 11) is 2.77. The van der Waals surface area contributed by atoms with Gasteiger partial charge in [0.1, 0.15) is 0 Å². The highest BCUT2D eigenvalue weighted by atomic mass is 16.5. The van der Waals surface area contributed by atoms with Gasteiger partial charge in [0.25, 0.3) is 0 Å². The molecule has 4 nitrogen and oxygen atoms in total. The number of aliphatic imine (C=N–C) groups is 2. The molecule has 0 unspecified atom stereocenters. The third-order valence-electron chi connectivity index (χ3n) is 0.938. The number of esters is 1. The van der Waals surface area contributed by atoms with Crippen molar-refractivity contribution in [3.8, 4) is 0 Å². The molecule has 0 bridgehead atoms. The largest absolute Gasteiger partial charge is 0.464 e. The van der Waals surface area contributed by atoms with Crippen molar-refractivity contribution >= 4 is 17.9 Å². The first kappa shape index (κ1) is 9.55. The van der Waals surface area contributed by atoms with Gasteiger partial charge >= 0.3 is 5.97 Å². The topological polar surface area (TPSA) is 51.0 Å². The molecule has 0 atom stereocenters. The zero-order chi connectivity index (χ0) is 8.69. The van der Waals surface area contributed by atoms with Gasteiger partial charge in [-0.05, 0) is 0 Å². The molecule has 0 fully saturated rings. The van der Waals surface area contributed by atoms with Gasteiger partial charge in [-0.25, -0.2) is 4.79 Å². The normalized spacial score (nSPS) is 11.6. The number of hydrogen-bond donors (Lipinski definition) is 0. The van der Waals surface area contributed by atoms with E-state index < -0.39 is 5.97 Å². The first-order valence-corrected chi connectivity index (χ1v) is 2.95. The van der Waals surface area contributed by atoms with Crippen molar-refractivity contribution in [2.75, 3.05) is 14.2 Å².